The van der Waals surface area contributed by atoms with Gasteiger partial charge in [0.25, 0.3) is 5.91 Å². The van der Waals surface area contributed by atoms with Crippen molar-refractivity contribution in [2.24, 2.45) is 0 Å². The molecule has 0 radical (unpaired) electrons. The number of hydrogen-bond donors (Lipinski definition) is 2. The molecule has 0 spiro atoms. The molecule has 28 heavy (non-hydrogen) atoms. The van der Waals surface area contributed by atoms with E-state index in [2.05, 4.69) is 25.5 Å². The Bertz CT molecular complexity index is 976. The van der Waals surface area contributed by atoms with Crippen LogP contribution in [0.5, 0.6) is 0 Å². The largest absolute Gasteiger partial charge is 0.368 e. The Labute approximate surface area is 165 Å². The number of nitrogens with zero attached hydrogens (tertiary/aromatic N) is 3. The average Bonchev–Trinajstić information content (AvgIpc) is 3.25. The van der Waals surface area contributed by atoms with Gasteiger partial charge in [0, 0.05) is 37.8 Å². The average molecular weight is 375 g/mol. The summed E-state index contributed by atoms with van der Waals surface area (Å²) in [6.45, 7) is 5.14. The molecule has 0 saturated carbocycles. The van der Waals surface area contributed by atoms with Crippen molar-refractivity contribution in [1.29, 1.82) is 0 Å². The molecular weight excluding hydrogens is 350 g/mol. The van der Waals surface area contributed by atoms with Crippen LogP contribution in [0, 0.1) is 6.92 Å². The maximum absolute atomic E-state index is 12.6. The van der Waals surface area contributed by atoms with Crippen molar-refractivity contribution < 1.29 is 4.79 Å². The third-order valence-corrected chi connectivity index (χ3v) is 5.01. The van der Waals surface area contributed by atoms with Gasteiger partial charge in [-0.15, -0.1) is 0 Å². The van der Waals surface area contributed by atoms with Crippen molar-refractivity contribution in [3.05, 3.63) is 59.9 Å². The van der Waals surface area contributed by atoms with E-state index in [1.54, 1.807) is 0 Å². The summed E-state index contributed by atoms with van der Waals surface area (Å²) in [6.07, 6.45) is 2.43. The van der Waals surface area contributed by atoms with E-state index in [0.717, 1.165) is 41.3 Å². The van der Waals surface area contributed by atoms with Crippen LogP contribution in [0.2, 0.25) is 0 Å². The van der Waals surface area contributed by atoms with Crippen molar-refractivity contribution >= 4 is 28.3 Å². The number of carbonyl (C=O) groups is 1. The summed E-state index contributed by atoms with van der Waals surface area (Å²) < 4.78 is 0. The minimum Gasteiger partial charge on any atom is -0.368 e. The van der Waals surface area contributed by atoms with Crippen LogP contribution in [0.25, 0.3) is 10.8 Å². The summed E-state index contributed by atoms with van der Waals surface area (Å²) in [4.78, 5) is 23.9. The lowest BCUT2D eigenvalue weighted by Gasteiger charge is -2.18. The maximum atomic E-state index is 12.6. The number of rotatable bonds is 6. The number of anilines is 2. The second-order valence-electron chi connectivity index (χ2n) is 7.06. The summed E-state index contributed by atoms with van der Waals surface area (Å²) >= 11 is 0. The zero-order valence-corrected chi connectivity index (χ0v) is 16.1. The molecule has 1 aromatic heterocycles. The Morgan fingerprint density at radius 2 is 1.82 bits per heavy atom. The van der Waals surface area contributed by atoms with E-state index >= 15 is 0 Å². The van der Waals surface area contributed by atoms with Crippen molar-refractivity contribution in [1.82, 2.24) is 15.3 Å². The molecule has 1 saturated heterocycles. The molecule has 0 atom stereocenters. The first-order valence-electron chi connectivity index (χ1n) is 9.81. The van der Waals surface area contributed by atoms with Crippen molar-refractivity contribution in [3.8, 4) is 0 Å². The van der Waals surface area contributed by atoms with Gasteiger partial charge in [-0.3, -0.25) is 4.79 Å². The Morgan fingerprint density at radius 1 is 1.04 bits per heavy atom. The second kappa shape index (κ2) is 8.25. The molecule has 144 valence electrons. The number of hydrogen-bond acceptors (Lipinski definition) is 5. The number of benzene rings is 2. The van der Waals surface area contributed by atoms with Crippen LogP contribution >= 0.6 is 0 Å². The third-order valence-electron chi connectivity index (χ3n) is 5.01. The highest BCUT2D eigenvalue weighted by Crippen LogP contribution is 2.20. The van der Waals surface area contributed by atoms with Gasteiger partial charge >= 0.3 is 0 Å². The number of fused-ring (bicyclic) bond motifs is 1. The quantitative estimate of drug-likeness (QED) is 0.647. The highest BCUT2D eigenvalue weighted by molar-refractivity contribution is 6.07. The zero-order valence-electron chi connectivity index (χ0n) is 16.1. The van der Waals surface area contributed by atoms with E-state index < -0.39 is 0 Å². The first kappa shape index (κ1) is 18.2. The lowest BCUT2D eigenvalue weighted by atomic mass is 10.0. The number of aromatic nitrogens is 2. The van der Waals surface area contributed by atoms with Crippen LogP contribution in [0.3, 0.4) is 0 Å². The summed E-state index contributed by atoms with van der Waals surface area (Å²) in [5.41, 5.74) is 0.701. The summed E-state index contributed by atoms with van der Waals surface area (Å²) in [7, 11) is 0. The molecule has 0 aliphatic carbocycles. The summed E-state index contributed by atoms with van der Waals surface area (Å²) in [5, 5.41) is 8.33. The smallest absolute Gasteiger partial charge is 0.251 e. The predicted molar refractivity (Wildman–Crippen MR) is 113 cm³/mol. The van der Waals surface area contributed by atoms with Crippen LogP contribution in [0.15, 0.2) is 48.5 Å². The molecule has 0 unspecified atom stereocenters. The molecule has 6 nitrogen and oxygen atoms in total. The van der Waals surface area contributed by atoms with Crippen molar-refractivity contribution in [2.45, 2.75) is 19.8 Å². The Hall–Kier alpha value is -3.15. The molecule has 1 aliphatic rings. The lowest BCUT2D eigenvalue weighted by Crippen LogP contribution is -2.29. The predicted octanol–water partition coefficient (Wildman–Crippen LogP) is 3.38. The molecule has 2 aromatic carbocycles. The standard InChI is InChI=1S/C22H25N5O/c1-16-25-20(15-21(26-16)27-13-4-5-14-27)23-11-12-24-22(28)19-10-6-8-17-7-2-3-9-18(17)19/h2-3,6-10,15H,4-5,11-14H2,1H3,(H,24,28)(H,23,25,26). The van der Waals surface area contributed by atoms with E-state index in [9.17, 15) is 4.79 Å². The fourth-order valence-corrected chi connectivity index (χ4v) is 3.64. The molecule has 0 bridgehead atoms. The Morgan fingerprint density at radius 3 is 2.68 bits per heavy atom. The third kappa shape index (κ3) is 4.06. The minimum atomic E-state index is -0.0600. The number of carbonyl (C=O) groups excluding carboxylic acids is 1. The van der Waals surface area contributed by atoms with E-state index in [0.29, 0.717) is 18.7 Å². The number of amides is 1. The van der Waals surface area contributed by atoms with E-state index in [1.165, 1.54) is 12.8 Å². The fourth-order valence-electron chi connectivity index (χ4n) is 3.64. The van der Waals surface area contributed by atoms with Crippen molar-refractivity contribution in [2.75, 3.05) is 36.4 Å². The highest BCUT2D eigenvalue weighted by Gasteiger charge is 2.15. The van der Waals surface area contributed by atoms with Gasteiger partial charge in [-0.2, -0.15) is 0 Å². The molecular formula is C22H25N5O. The van der Waals surface area contributed by atoms with Crippen molar-refractivity contribution in [3.63, 3.8) is 0 Å². The molecule has 4 rings (SSSR count). The van der Waals surface area contributed by atoms with Crippen LogP contribution in [-0.2, 0) is 0 Å². The van der Waals surface area contributed by atoms with Crippen LogP contribution in [-0.4, -0.2) is 42.1 Å². The van der Waals surface area contributed by atoms with E-state index in [-0.39, 0.29) is 5.91 Å². The maximum Gasteiger partial charge on any atom is 0.251 e. The first-order chi connectivity index (χ1) is 13.7. The van der Waals surface area contributed by atoms with Crippen LogP contribution < -0.4 is 15.5 Å². The van der Waals surface area contributed by atoms with Gasteiger partial charge in [-0.1, -0.05) is 36.4 Å². The van der Waals surface area contributed by atoms with Gasteiger partial charge in [0.05, 0.1) is 0 Å². The Balaban J connectivity index is 1.35. The normalized spacial score (nSPS) is 13.7. The van der Waals surface area contributed by atoms with Gasteiger partial charge in [0.15, 0.2) is 0 Å². The first-order valence-corrected chi connectivity index (χ1v) is 9.81. The molecule has 3 aromatic rings. The second-order valence-corrected chi connectivity index (χ2v) is 7.06. The SMILES string of the molecule is Cc1nc(NCCNC(=O)c2cccc3ccccc23)cc(N2CCCC2)n1. The van der Waals surface area contributed by atoms with Gasteiger partial charge in [-0.05, 0) is 36.6 Å². The van der Waals surface area contributed by atoms with Crippen LogP contribution in [0.4, 0.5) is 11.6 Å². The molecule has 1 amide bonds. The van der Waals surface area contributed by atoms with Gasteiger partial charge in [0.2, 0.25) is 0 Å². The van der Waals surface area contributed by atoms with Gasteiger partial charge < -0.3 is 15.5 Å². The zero-order chi connectivity index (χ0) is 19.3. The van der Waals surface area contributed by atoms with Gasteiger partial charge in [0.1, 0.15) is 17.5 Å². The summed E-state index contributed by atoms with van der Waals surface area (Å²) in [5.74, 6) is 2.48. The van der Waals surface area contributed by atoms with E-state index in [1.807, 2.05) is 55.5 Å². The minimum absolute atomic E-state index is 0.0600. The fraction of sp³-hybridized carbons (Fsp3) is 0.318. The molecule has 2 N–H and O–H groups in total. The topological polar surface area (TPSA) is 70.2 Å². The summed E-state index contributed by atoms with van der Waals surface area (Å²) in [6, 6.07) is 15.7. The number of aryl methyl sites for hydroxylation is 1. The Kier molecular flexibility index (Phi) is 5.37. The molecule has 6 heteroatoms. The number of nitrogens with one attached hydrogen (secondary N) is 2. The van der Waals surface area contributed by atoms with Crippen LogP contribution in [0.1, 0.15) is 29.0 Å². The molecule has 2 heterocycles. The molecule has 1 fully saturated rings. The molecule has 1 aliphatic heterocycles. The monoisotopic (exact) mass is 375 g/mol. The van der Waals surface area contributed by atoms with Gasteiger partial charge in [-0.25, -0.2) is 9.97 Å². The van der Waals surface area contributed by atoms with E-state index in [4.69, 9.17) is 0 Å². The highest BCUT2D eigenvalue weighted by atomic mass is 16.1. The lowest BCUT2D eigenvalue weighted by molar-refractivity contribution is 0.0957.